The Labute approximate surface area is 160 Å². The second kappa shape index (κ2) is 9.42. The number of amides is 1. The van der Waals surface area contributed by atoms with E-state index in [1.54, 1.807) is 14.2 Å². The molecule has 1 aliphatic rings. The van der Waals surface area contributed by atoms with Crippen molar-refractivity contribution in [3.8, 4) is 11.5 Å². The van der Waals surface area contributed by atoms with Crippen LogP contribution in [0.3, 0.4) is 0 Å². The van der Waals surface area contributed by atoms with Gasteiger partial charge in [-0.25, -0.2) is 0 Å². The second-order valence-electron chi connectivity index (χ2n) is 6.74. The largest absolute Gasteiger partial charge is 0.493 e. The Bertz CT molecular complexity index is 739. The lowest BCUT2D eigenvalue weighted by atomic mass is 10.1. The van der Waals surface area contributed by atoms with Gasteiger partial charge in [-0.2, -0.15) is 0 Å². The molecule has 5 nitrogen and oxygen atoms in total. The van der Waals surface area contributed by atoms with Crippen molar-refractivity contribution < 1.29 is 19.0 Å². The summed E-state index contributed by atoms with van der Waals surface area (Å²) in [6.45, 7) is 2.11. The molecule has 1 aliphatic heterocycles. The molecule has 0 radical (unpaired) electrons. The predicted octanol–water partition coefficient (Wildman–Crippen LogP) is 3.45. The van der Waals surface area contributed by atoms with Gasteiger partial charge in [-0.15, -0.1) is 0 Å². The number of likely N-dealkylation sites (tertiary alicyclic amines) is 1. The highest BCUT2D eigenvalue weighted by molar-refractivity contribution is 5.79. The highest BCUT2D eigenvalue weighted by Crippen LogP contribution is 2.28. The molecule has 0 unspecified atom stereocenters. The van der Waals surface area contributed by atoms with E-state index in [0.717, 1.165) is 31.5 Å². The van der Waals surface area contributed by atoms with Crippen LogP contribution in [0.15, 0.2) is 48.5 Å². The first-order valence-electron chi connectivity index (χ1n) is 9.34. The zero-order valence-electron chi connectivity index (χ0n) is 16.0. The third-order valence-corrected chi connectivity index (χ3v) is 4.93. The highest BCUT2D eigenvalue weighted by Gasteiger charge is 2.23. The molecule has 1 heterocycles. The maximum Gasteiger partial charge on any atom is 0.226 e. The number of methoxy groups -OCH3 is 2. The summed E-state index contributed by atoms with van der Waals surface area (Å²) in [5, 5.41) is 0. The van der Waals surface area contributed by atoms with E-state index < -0.39 is 0 Å². The van der Waals surface area contributed by atoms with E-state index >= 15 is 0 Å². The van der Waals surface area contributed by atoms with Crippen LogP contribution in [0.25, 0.3) is 0 Å². The number of carbonyl (C=O) groups is 1. The molecule has 0 bridgehead atoms. The first kappa shape index (κ1) is 19.2. The number of carbonyl (C=O) groups excluding carboxylic acids is 1. The summed E-state index contributed by atoms with van der Waals surface area (Å²) >= 11 is 0. The van der Waals surface area contributed by atoms with Crippen molar-refractivity contribution in [3.63, 3.8) is 0 Å². The molecule has 0 aliphatic carbocycles. The molecule has 27 heavy (non-hydrogen) atoms. The molecule has 2 aromatic rings. The zero-order valence-corrected chi connectivity index (χ0v) is 16.0. The van der Waals surface area contributed by atoms with E-state index in [9.17, 15) is 4.79 Å². The average molecular weight is 369 g/mol. The Morgan fingerprint density at radius 1 is 0.963 bits per heavy atom. The van der Waals surface area contributed by atoms with Crippen molar-refractivity contribution in [2.24, 2.45) is 0 Å². The quantitative estimate of drug-likeness (QED) is 0.750. The Morgan fingerprint density at radius 2 is 1.67 bits per heavy atom. The van der Waals surface area contributed by atoms with Gasteiger partial charge in [0.05, 0.1) is 33.4 Å². The lowest BCUT2D eigenvalue weighted by Gasteiger charge is -2.32. The molecule has 0 saturated carbocycles. The van der Waals surface area contributed by atoms with Crippen molar-refractivity contribution in [1.29, 1.82) is 0 Å². The SMILES string of the molecule is COc1ccc(CC(=O)N2CCC(OCc3ccccc3)CC2)cc1OC. The Balaban J connectivity index is 1.47. The molecule has 1 amide bonds. The number of hydrogen-bond acceptors (Lipinski definition) is 4. The lowest BCUT2D eigenvalue weighted by Crippen LogP contribution is -2.41. The molecular formula is C22H27NO4. The molecular weight excluding hydrogens is 342 g/mol. The summed E-state index contributed by atoms with van der Waals surface area (Å²) in [6.07, 6.45) is 2.35. The maximum absolute atomic E-state index is 12.6. The van der Waals surface area contributed by atoms with Crippen molar-refractivity contribution >= 4 is 5.91 Å². The van der Waals surface area contributed by atoms with Crippen LogP contribution in [0.1, 0.15) is 24.0 Å². The number of hydrogen-bond donors (Lipinski definition) is 0. The van der Waals surface area contributed by atoms with Crippen LogP contribution in [-0.2, 0) is 22.6 Å². The zero-order chi connectivity index (χ0) is 19.1. The van der Waals surface area contributed by atoms with Crippen LogP contribution in [0.5, 0.6) is 11.5 Å². The monoisotopic (exact) mass is 369 g/mol. The average Bonchev–Trinajstić information content (AvgIpc) is 2.73. The molecule has 5 heteroatoms. The molecule has 0 aromatic heterocycles. The smallest absolute Gasteiger partial charge is 0.226 e. The Kier molecular flexibility index (Phi) is 6.71. The summed E-state index contributed by atoms with van der Waals surface area (Å²) in [4.78, 5) is 14.6. The fourth-order valence-corrected chi connectivity index (χ4v) is 3.34. The van der Waals surface area contributed by atoms with E-state index in [4.69, 9.17) is 14.2 Å². The van der Waals surface area contributed by atoms with E-state index in [1.807, 2.05) is 41.3 Å². The van der Waals surface area contributed by atoms with E-state index in [2.05, 4.69) is 12.1 Å². The van der Waals surface area contributed by atoms with Gasteiger partial charge in [0, 0.05) is 13.1 Å². The van der Waals surface area contributed by atoms with Gasteiger partial charge in [-0.3, -0.25) is 4.79 Å². The van der Waals surface area contributed by atoms with Gasteiger partial charge in [0.15, 0.2) is 11.5 Å². The summed E-state index contributed by atoms with van der Waals surface area (Å²) in [5.41, 5.74) is 2.12. The molecule has 2 aromatic carbocycles. The van der Waals surface area contributed by atoms with Crippen LogP contribution in [0.2, 0.25) is 0 Å². The number of nitrogens with zero attached hydrogens (tertiary/aromatic N) is 1. The van der Waals surface area contributed by atoms with Gasteiger partial charge in [0.25, 0.3) is 0 Å². The van der Waals surface area contributed by atoms with E-state index in [-0.39, 0.29) is 12.0 Å². The van der Waals surface area contributed by atoms with E-state index in [0.29, 0.717) is 24.5 Å². The molecule has 0 spiro atoms. The van der Waals surface area contributed by atoms with Crippen LogP contribution >= 0.6 is 0 Å². The Morgan fingerprint density at radius 3 is 2.33 bits per heavy atom. The molecule has 1 fully saturated rings. The molecule has 3 rings (SSSR count). The standard InChI is InChI=1S/C22H27NO4/c1-25-20-9-8-18(14-21(20)26-2)15-22(24)23-12-10-19(11-13-23)27-16-17-6-4-3-5-7-17/h3-9,14,19H,10-13,15-16H2,1-2H3. The van der Waals surface area contributed by atoms with Crippen LogP contribution < -0.4 is 9.47 Å². The third kappa shape index (κ3) is 5.23. The maximum atomic E-state index is 12.6. The van der Waals surface area contributed by atoms with Crippen LogP contribution in [0.4, 0.5) is 0 Å². The van der Waals surface area contributed by atoms with Crippen LogP contribution in [0, 0.1) is 0 Å². The van der Waals surface area contributed by atoms with Crippen molar-refractivity contribution in [2.75, 3.05) is 27.3 Å². The minimum atomic E-state index is 0.142. The topological polar surface area (TPSA) is 48.0 Å². The van der Waals surface area contributed by atoms with Crippen molar-refractivity contribution in [3.05, 3.63) is 59.7 Å². The molecule has 0 atom stereocenters. The van der Waals surface area contributed by atoms with Crippen molar-refractivity contribution in [1.82, 2.24) is 4.90 Å². The van der Waals surface area contributed by atoms with Gasteiger partial charge in [0.1, 0.15) is 0 Å². The summed E-state index contributed by atoms with van der Waals surface area (Å²) < 4.78 is 16.6. The fourth-order valence-electron chi connectivity index (χ4n) is 3.34. The lowest BCUT2D eigenvalue weighted by molar-refractivity contribution is -0.133. The van der Waals surface area contributed by atoms with Gasteiger partial charge < -0.3 is 19.1 Å². The summed E-state index contributed by atoms with van der Waals surface area (Å²) in [7, 11) is 3.20. The number of rotatable bonds is 7. The molecule has 144 valence electrons. The first-order valence-corrected chi connectivity index (χ1v) is 9.34. The molecule has 0 N–H and O–H groups in total. The van der Waals surface area contributed by atoms with Gasteiger partial charge in [0.2, 0.25) is 5.91 Å². The Hall–Kier alpha value is -2.53. The number of benzene rings is 2. The normalized spacial score (nSPS) is 14.8. The van der Waals surface area contributed by atoms with Crippen molar-refractivity contribution in [2.45, 2.75) is 32.0 Å². The van der Waals surface area contributed by atoms with Gasteiger partial charge in [-0.1, -0.05) is 36.4 Å². The highest BCUT2D eigenvalue weighted by atomic mass is 16.5. The number of ether oxygens (including phenoxy) is 3. The summed E-state index contributed by atoms with van der Waals surface area (Å²) in [6, 6.07) is 15.8. The number of piperidine rings is 1. The summed E-state index contributed by atoms with van der Waals surface area (Å²) in [5.74, 6) is 1.46. The second-order valence-corrected chi connectivity index (χ2v) is 6.74. The minimum Gasteiger partial charge on any atom is -0.493 e. The first-order chi connectivity index (χ1) is 13.2. The van der Waals surface area contributed by atoms with E-state index in [1.165, 1.54) is 5.56 Å². The minimum absolute atomic E-state index is 0.142. The van der Waals surface area contributed by atoms with Gasteiger partial charge >= 0.3 is 0 Å². The molecule has 1 saturated heterocycles. The third-order valence-electron chi connectivity index (χ3n) is 4.93. The van der Waals surface area contributed by atoms with Gasteiger partial charge in [-0.05, 0) is 36.1 Å². The van der Waals surface area contributed by atoms with Crippen LogP contribution in [-0.4, -0.2) is 44.2 Å². The fraction of sp³-hybridized carbons (Fsp3) is 0.409. The predicted molar refractivity (Wildman–Crippen MR) is 104 cm³/mol.